The van der Waals surface area contributed by atoms with E-state index in [-0.39, 0.29) is 17.9 Å². The van der Waals surface area contributed by atoms with Crippen molar-refractivity contribution in [1.29, 1.82) is 0 Å². The van der Waals surface area contributed by atoms with Gasteiger partial charge in [-0.2, -0.15) is 0 Å². The number of amides is 1. The van der Waals surface area contributed by atoms with Gasteiger partial charge in [0.05, 0.1) is 6.42 Å². The lowest BCUT2D eigenvalue weighted by Crippen LogP contribution is -2.29. The van der Waals surface area contributed by atoms with E-state index in [1.54, 1.807) is 30.3 Å². The molecule has 0 bridgehead atoms. The molecule has 1 aromatic rings. The van der Waals surface area contributed by atoms with E-state index in [1.165, 1.54) is 25.7 Å². The zero-order chi connectivity index (χ0) is 17.1. The number of carbonyl (C=O) groups excluding carboxylic acids is 1. The molecule has 0 unspecified atom stereocenters. The Morgan fingerprint density at radius 2 is 1.71 bits per heavy atom. The van der Waals surface area contributed by atoms with Crippen LogP contribution in [0.2, 0.25) is 5.02 Å². The van der Waals surface area contributed by atoms with Crippen LogP contribution in [0.3, 0.4) is 0 Å². The number of hydrogen-bond acceptors (Lipinski definition) is 2. The highest BCUT2D eigenvalue weighted by Gasteiger charge is 2.36. The van der Waals surface area contributed by atoms with Crippen molar-refractivity contribution in [2.24, 2.45) is 11.8 Å². The first-order valence-electron chi connectivity index (χ1n) is 8.50. The molecular formula is C19H22ClNO3. The number of nitrogens with zero attached hydrogens (tertiary/aromatic N) is 1. The fraction of sp³-hybridized carbons (Fsp3) is 0.474. The van der Waals surface area contributed by atoms with E-state index < -0.39 is 5.97 Å². The number of benzene rings is 1. The van der Waals surface area contributed by atoms with Crippen molar-refractivity contribution in [2.75, 3.05) is 13.1 Å². The second-order valence-corrected chi connectivity index (χ2v) is 7.24. The third-order valence-corrected chi connectivity index (χ3v) is 5.41. The highest BCUT2D eigenvalue weighted by Crippen LogP contribution is 2.36. The van der Waals surface area contributed by atoms with Gasteiger partial charge in [0.1, 0.15) is 0 Å². The average molecular weight is 348 g/mol. The van der Waals surface area contributed by atoms with Crippen molar-refractivity contribution in [3.8, 4) is 0 Å². The lowest BCUT2D eigenvalue weighted by molar-refractivity contribution is -0.136. The Morgan fingerprint density at radius 3 is 2.25 bits per heavy atom. The van der Waals surface area contributed by atoms with Crippen molar-refractivity contribution in [3.05, 3.63) is 40.4 Å². The highest BCUT2D eigenvalue weighted by atomic mass is 35.5. The van der Waals surface area contributed by atoms with Gasteiger partial charge >= 0.3 is 5.97 Å². The fourth-order valence-corrected chi connectivity index (χ4v) is 3.96. The summed E-state index contributed by atoms with van der Waals surface area (Å²) in [6, 6.07) is 6.92. The standard InChI is InChI=1S/C19H22ClNO3/c20-17-7-5-13(6-8-17)9-16(19(23)24)10-18(22)21-11-14-3-1-2-4-15(14)12-21/h5-9,14-15H,1-4,10-12H2,(H,23,24)/t14-,15+. The molecule has 2 fully saturated rings. The predicted octanol–water partition coefficient (Wildman–Crippen LogP) is 3.85. The van der Waals surface area contributed by atoms with Gasteiger partial charge in [-0.25, -0.2) is 4.79 Å². The number of carbonyl (C=O) groups is 2. The minimum Gasteiger partial charge on any atom is -0.478 e. The molecule has 1 aliphatic carbocycles. The Balaban J connectivity index is 1.68. The van der Waals surface area contributed by atoms with Crippen LogP contribution in [0.15, 0.2) is 29.8 Å². The number of hydrogen-bond donors (Lipinski definition) is 1. The van der Waals surface area contributed by atoms with Crippen LogP contribution in [0.25, 0.3) is 6.08 Å². The molecule has 3 rings (SSSR count). The number of carboxylic acid groups (broad SMARTS) is 1. The molecule has 1 N–H and O–H groups in total. The van der Waals surface area contributed by atoms with Crippen molar-refractivity contribution >= 4 is 29.6 Å². The van der Waals surface area contributed by atoms with Crippen LogP contribution in [-0.2, 0) is 9.59 Å². The zero-order valence-electron chi connectivity index (χ0n) is 13.6. The molecule has 2 aliphatic rings. The van der Waals surface area contributed by atoms with Gasteiger partial charge in [0, 0.05) is 23.7 Å². The third kappa shape index (κ3) is 3.99. The van der Waals surface area contributed by atoms with Gasteiger partial charge in [0.25, 0.3) is 0 Å². The number of fused-ring (bicyclic) bond motifs is 1. The molecule has 1 amide bonds. The van der Waals surface area contributed by atoms with Crippen molar-refractivity contribution < 1.29 is 14.7 Å². The number of rotatable bonds is 4. The van der Waals surface area contributed by atoms with Gasteiger partial charge in [-0.1, -0.05) is 36.6 Å². The van der Waals surface area contributed by atoms with Crippen LogP contribution in [0, 0.1) is 11.8 Å². The number of halogens is 1. The van der Waals surface area contributed by atoms with E-state index in [0.29, 0.717) is 16.9 Å². The summed E-state index contributed by atoms with van der Waals surface area (Å²) < 4.78 is 0. The summed E-state index contributed by atoms with van der Waals surface area (Å²) in [6.07, 6.45) is 6.39. The molecule has 1 heterocycles. The van der Waals surface area contributed by atoms with Crippen LogP contribution < -0.4 is 0 Å². The first-order chi connectivity index (χ1) is 11.5. The molecule has 1 aromatic carbocycles. The molecule has 5 heteroatoms. The van der Waals surface area contributed by atoms with Gasteiger partial charge in [0.2, 0.25) is 5.91 Å². The van der Waals surface area contributed by atoms with Crippen LogP contribution in [0.4, 0.5) is 0 Å². The fourth-order valence-electron chi connectivity index (χ4n) is 3.83. The summed E-state index contributed by atoms with van der Waals surface area (Å²) in [5.41, 5.74) is 0.858. The minimum absolute atomic E-state index is 0.0581. The molecule has 0 radical (unpaired) electrons. The number of aliphatic carboxylic acids is 1. The maximum Gasteiger partial charge on any atom is 0.332 e. The average Bonchev–Trinajstić information content (AvgIpc) is 3.00. The lowest BCUT2D eigenvalue weighted by atomic mass is 9.82. The highest BCUT2D eigenvalue weighted by molar-refractivity contribution is 6.30. The molecule has 1 saturated heterocycles. The summed E-state index contributed by atoms with van der Waals surface area (Å²) in [7, 11) is 0. The topological polar surface area (TPSA) is 57.6 Å². The molecule has 1 saturated carbocycles. The third-order valence-electron chi connectivity index (χ3n) is 5.16. The summed E-state index contributed by atoms with van der Waals surface area (Å²) in [4.78, 5) is 25.9. The van der Waals surface area contributed by atoms with E-state index in [2.05, 4.69) is 0 Å². The van der Waals surface area contributed by atoms with Crippen molar-refractivity contribution in [3.63, 3.8) is 0 Å². The van der Waals surface area contributed by atoms with Gasteiger partial charge < -0.3 is 10.0 Å². The molecule has 24 heavy (non-hydrogen) atoms. The van der Waals surface area contributed by atoms with E-state index >= 15 is 0 Å². The summed E-state index contributed by atoms with van der Waals surface area (Å²) >= 11 is 5.84. The summed E-state index contributed by atoms with van der Waals surface area (Å²) in [5.74, 6) is 0.0920. The largest absolute Gasteiger partial charge is 0.478 e. The monoisotopic (exact) mass is 347 g/mol. The normalized spacial score (nSPS) is 23.9. The Hall–Kier alpha value is -1.81. The van der Waals surface area contributed by atoms with E-state index in [4.69, 9.17) is 11.6 Å². The SMILES string of the molecule is O=C(O)C(=Cc1ccc(Cl)cc1)CC(=O)N1C[C@H]2CCCC[C@H]2C1. The molecule has 128 valence electrons. The molecule has 0 aromatic heterocycles. The van der Waals surface area contributed by atoms with Gasteiger partial charge in [0.15, 0.2) is 0 Å². The van der Waals surface area contributed by atoms with Gasteiger partial charge in [-0.15, -0.1) is 0 Å². The molecule has 2 atom stereocenters. The maximum atomic E-state index is 12.5. The van der Waals surface area contributed by atoms with Crippen molar-refractivity contribution in [2.45, 2.75) is 32.1 Å². The lowest BCUT2D eigenvalue weighted by Gasteiger charge is -2.22. The minimum atomic E-state index is -1.05. The number of carboxylic acids is 1. The van der Waals surface area contributed by atoms with E-state index in [0.717, 1.165) is 18.7 Å². The first kappa shape index (κ1) is 17.0. The zero-order valence-corrected chi connectivity index (χ0v) is 14.3. The van der Waals surface area contributed by atoms with Gasteiger partial charge in [-0.3, -0.25) is 4.79 Å². The Kier molecular flexibility index (Phi) is 5.24. The van der Waals surface area contributed by atoms with E-state index in [1.807, 2.05) is 4.90 Å². The van der Waals surface area contributed by atoms with E-state index in [9.17, 15) is 14.7 Å². The first-order valence-corrected chi connectivity index (χ1v) is 8.88. The molecule has 4 nitrogen and oxygen atoms in total. The number of likely N-dealkylation sites (tertiary alicyclic amines) is 1. The summed E-state index contributed by atoms with van der Waals surface area (Å²) in [6.45, 7) is 1.58. The smallest absolute Gasteiger partial charge is 0.332 e. The molecule has 1 aliphatic heterocycles. The Morgan fingerprint density at radius 1 is 1.12 bits per heavy atom. The molecule has 0 spiro atoms. The maximum absolute atomic E-state index is 12.5. The molecular weight excluding hydrogens is 326 g/mol. The predicted molar refractivity (Wildman–Crippen MR) is 93.7 cm³/mol. The quantitative estimate of drug-likeness (QED) is 0.842. The van der Waals surface area contributed by atoms with Crippen LogP contribution in [0.5, 0.6) is 0 Å². The Bertz CT molecular complexity index is 639. The van der Waals surface area contributed by atoms with Crippen LogP contribution in [0.1, 0.15) is 37.7 Å². The second kappa shape index (κ2) is 7.39. The summed E-state index contributed by atoms with van der Waals surface area (Å²) in [5, 5.41) is 10.0. The van der Waals surface area contributed by atoms with Crippen LogP contribution in [-0.4, -0.2) is 35.0 Å². The van der Waals surface area contributed by atoms with Crippen molar-refractivity contribution in [1.82, 2.24) is 4.90 Å². The Labute approximate surface area is 147 Å². The second-order valence-electron chi connectivity index (χ2n) is 6.81. The van der Waals surface area contributed by atoms with Gasteiger partial charge in [-0.05, 0) is 48.4 Å². The van der Waals surface area contributed by atoms with Crippen LogP contribution >= 0.6 is 11.6 Å².